The summed E-state index contributed by atoms with van der Waals surface area (Å²) in [5.41, 5.74) is 2.45. The zero-order chi connectivity index (χ0) is 8.55. The average Bonchev–Trinajstić information content (AvgIpc) is 2.04. The van der Waals surface area contributed by atoms with Crippen LogP contribution in [-0.2, 0) is 6.42 Å². The summed E-state index contributed by atoms with van der Waals surface area (Å²) in [7, 11) is 0. The van der Waals surface area contributed by atoms with Gasteiger partial charge in [0.2, 0.25) is 0 Å². The molecule has 0 bridgehead atoms. The van der Waals surface area contributed by atoms with E-state index in [2.05, 4.69) is 20.9 Å². The summed E-state index contributed by atoms with van der Waals surface area (Å²) >= 11 is 9.36. The maximum absolute atomic E-state index is 5.91. The monoisotopic (exact) mass is 243 g/mol. The molecule has 0 saturated heterocycles. The Morgan fingerprint density at radius 2 is 2.25 bits per heavy atom. The minimum atomic E-state index is 0.788. The van der Waals surface area contributed by atoms with Crippen LogP contribution in [-0.4, -0.2) is 12.8 Å². The number of rotatable bonds is 0. The summed E-state index contributed by atoms with van der Waals surface area (Å²) in [5, 5.41) is 0.788. The van der Waals surface area contributed by atoms with Crippen molar-refractivity contribution in [2.24, 2.45) is 4.99 Å². The summed E-state index contributed by atoms with van der Waals surface area (Å²) in [5.74, 6) is 0. The maximum atomic E-state index is 5.91. The fraction of sp³-hybridized carbons (Fsp3) is 0.222. The molecule has 0 N–H and O–H groups in total. The Balaban J connectivity index is 2.62. The number of aliphatic imine (C=N–C) groups is 1. The van der Waals surface area contributed by atoms with Crippen LogP contribution < -0.4 is 0 Å². The average molecular weight is 245 g/mol. The van der Waals surface area contributed by atoms with Crippen molar-refractivity contribution < 1.29 is 0 Å². The van der Waals surface area contributed by atoms with Gasteiger partial charge in [0.25, 0.3) is 0 Å². The number of nitrogens with zero attached hydrogens (tertiary/aromatic N) is 1. The van der Waals surface area contributed by atoms with Crippen LogP contribution in [0.3, 0.4) is 0 Å². The molecule has 12 heavy (non-hydrogen) atoms. The Hall–Kier alpha value is -0.340. The second-order valence-electron chi connectivity index (χ2n) is 2.75. The molecule has 62 valence electrons. The highest BCUT2D eigenvalue weighted by Gasteiger charge is 2.09. The Morgan fingerprint density at radius 1 is 1.42 bits per heavy atom. The van der Waals surface area contributed by atoms with E-state index in [-0.39, 0.29) is 0 Å². The highest BCUT2D eigenvalue weighted by molar-refractivity contribution is 9.10. The van der Waals surface area contributed by atoms with E-state index in [9.17, 15) is 0 Å². The molecule has 1 nitrogen and oxygen atoms in total. The molecule has 0 radical (unpaired) electrons. The van der Waals surface area contributed by atoms with Crippen molar-refractivity contribution >= 4 is 33.7 Å². The van der Waals surface area contributed by atoms with E-state index in [1.807, 2.05) is 18.3 Å². The third-order valence-corrected chi connectivity index (χ3v) is 2.78. The maximum Gasteiger partial charge on any atom is 0.0430 e. The van der Waals surface area contributed by atoms with Crippen LogP contribution >= 0.6 is 27.5 Å². The van der Waals surface area contributed by atoms with Gasteiger partial charge in [0.1, 0.15) is 0 Å². The number of halogens is 2. The Bertz CT molecular complexity index is 347. The normalized spacial score (nSPS) is 14.5. The van der Waals surface area contributed by atoms with Crippen LogP contribution in [0.5, 0.6) is 0 Å². The first-order valence-corrected chi connectivity index (χ1v) is 4.92. The molecule has 1 aromatic rings. The standard InChI is InChI=1S/C9H7BrClN/c10-9-4-7(11)3-6-1-2-12-5-8(6)9/h3-5H,1-2H2. The van der Waals surface area contributed by atoms with E-state index in [1.165, 1.54) is 11.1 Å². The predicted molar refractivity (Wildman–Crippen MR) is 55.3 cm³/mol. The van der Waals surface area contributed by atoms with Crippen LogP contribution in [0.4, 0.5) is 0 Å². The van der Waals surface area contributed by atoms with Crippen LogP contribution in [0.1, 0.15) is 11.1 Å². The molecular weight excluding hydrogens is 237 g/mol. The van der Waals surface area contributed by atoms with E-state index < -0.39 is 0 Å². The molecule has 1 aromatic carbocycles. The predicted octanol–water partition coefficient (Wildman–Crippen LogP) is 3.08. The topological polar surface area (TPSA) is 12.4 Å². The molecule has 0 atom stereocenters. The molecule has 0 aliphatic carbocycles. The molecule has 0 amide bonds. The zero-order valence-corrected chi connectivity index (χ0v) is 8.69. The van der Waals surface area contributed by atoms with Crippen molar-refractivity contribution in [2.45, 2.75) is 6.42 Å². The van der Waals surface area contributed by atoms with Gasteiger partial charge in [-0.1, -0.05) is 27.5 Å². The van der Waals surface area contributed by atoms with Crippen LogP contribution in [0.2, 0.25) is 5.02 Å². The van der Waals surface area contributed by atoms with Gasteiger partial charge >= 0.3 is 0 Å². The number of fused-ring (bicyclic) bond motifs is 1. The fourth-order valence-corrected chi connectivity index (χ4v) is 2.31. The Labute approximate surface area is 84.6 Å². The summed E-state index contributed by atoms with van der Waals surface area (Å²) in [4.78, 5) is 4.21. The minimum absolute atomic E-state index is 0.788. The van der Waals surface area contributed by atoms with Gasteiger partial charge in [-0.2, -0.15) is 0 Å². The second kappa shape index (κ2) is 3.19. The third kappa shape index (κ3) is 1.41. The summed E-state index contributed by atoms with van der Waals surface area (Å²) in [6.45, 7) is 0.875. The smallest absolute Gasteiger partial charge is 0.0430 e. The van der Waals surface area contributed by atoms with E-state index in [0.717, 1.165) is 22.5 Å². The molecule has 1 aliphatic rings. The molecule has 0 saturated carbocycles. The summed E-state index contributed by atoms with van der Waals surface area (Å²) in [6, 6.07) is 3.91. The SMILES string of the molecule is Clc1cc(Br)c2c(c1)CCN=C2. The van der Waals surface area contributed by atoms with Crippen LogP contribution in [0, 0.1) is 0 Å². The first-order valence-electron chi connectivity index (χ1n) is 3.75. The van der Waals surface area contributed by atoms with E-state index in [4.69, 9.17) is 11.6 Å². The van der Waals surface area contributed by atoms with Gasteiger partial charge in [0.15, 0.2) is 0 Å². The first-order chi connectivity index (χ1) is 5.77. The van der Waals surface area contributed by atoms with Gasteiger partial charge in [0.05, 0.1) is 0 Å². The summed E-state index contributed by atoms with van der Waals surface area (Å²) < 4.78 is 1.04. The van der Waals surface area contributed by atoms with Crippen molar-refractivity contribution in [3.63, 3.8) is 0 Å². The zero-order valence-electron chi connectivity index (χ0n) is 6.35. The Morgan fingerprint density at radius 3 is 3.08 bits per heavy atom. The molecule has 0 fully saturated rings. The molecule has 2 rings (SSSR count). The number of hydrogen-bond acceptors (Lipinski definition) is 1. The minimum Gasteiger partial charge on any atom is -0.292 e. The fourth-order valence-electron chi connectivity index (χ4n) is 1.33. The van der Waals surface area contributed by atoms with E-state index in [0.29, 0.717) is 0 Å². The van der Waals surface area contributed by atoms with Crippen LogP contribution in [0.15, 0.2) is 21.6 Å². The molecular formula is C9H7BrClN. The lowest BCUT2D eigenvalue weighted by Gasteiger charge is -2.11. The second-order valence-corrected chi connectivity index (χ2v) is 4.04. The highest BCUT2D eigenvalue weighted by Crippen LogP contribution is 2.26. The quantitative estimate of drug-likeness (QED) is 0.665. The first kappa shape index (κ1) is 8.27. The Kier molecular flexibility index (Phi) is 2.20. The van der Waals surface area contributed by atoms with Gasteiger partial charge in [0, 0.05) is 27.8 Å². The van der Waals surface area contributed by atoms with E-state index in [1.54, 1.807) is 0 Å². The van der Waals surface area contributed by atoms with Gasteiger partial charge in [-0.25, -0.2) is 0 Å². The van der Waals surface area contributed by atoms with Crippen molar-refractivity contribution in [3.8, 4) is 0 Å². The highest BCUT2D eigenvalue weighted by atomic mass is 79.9. The molecule has 1 aliphatic heterocycles. The molecule has 0 aromatic heterocycles. The summed E-state index contributed by atoms with van der Waals surface area (Å²) in [6.07, 6.45) is 2.89. The number of benzene rings is 1. The van der Waals surface area contributed by atoms with Crippen LogP contribution in [0.25, 0.3) is 0 Å². The van der Waals surface area contributed by atoms with Gasteiger partial charge in [-0.15, -0.1) is 0 Å². The van der Waals surface area contributed by atoms with Crippen molar-refractivity contribution in [1.29, 1.82) is 0 Å². The largest absolute Gasteiger partial charge is 0.292 e. The molecule has 0 spiro atoms. The van der Waals surface area contributed by atoms with Gasteiger partial charge < -0.3 is 0 Å². The number of hydrogen-bond donors (Lipinski definition) is 0. The lowest BCUT2D eigenvalue weighted by molar-refractivity contribution is 0.950. The van der Waals surface area contributed by atoms with Gasteiger partial charge in [-0.05, 0) is 24.1 Å². The third-order valence-electron chi connectivity index (χ3n) is 1.91. The molecule has 1 heterocycles. The lowest BCUT2D eigenvalue weighted by atomic mass is 10.0. The lowest BCUT2D eigenvalue weighted by Crippen LogP contribution is -2.03. The van der Waals surface area contributed by atoms with Crippen molar-refractivity contribution in [2.75, 3.05) is 6.54 Å². The molecule has 3 heteroatoms. The van der Waals surface area contributed by atoms with E-state index >= 15 is 0 Å². The van der Waals surface area contributed by atoms with Crippen molar-refractivity contribution in [3.05, 3.63) is 32.8 Å². The van der Waals surface area contributed by atoms with Gasteiger partial charge in [-0.3, -0.25) is 4.99 Å². The molecule has 0 unspecified atom stereocenters. The van der Waals surface area contributed by atoms with Crippen molar-refractivity contribution in [1.82, 2.24) is 0 Å².